The lowest BCUT2D eigenvalue weighted by Crippen LogP contribution is -1.98. The van der Waals surface area contributed by atoms with E-state index in [-0.39, 0.29) is 0 Å². The maximum Gasteiger partial charge on any atom is 0.0685 e. The van der Waals surface area contributed by atoms with Gasteiger partial charge in [0.2, 0.25) is 0 Å². The van der Waals surface area contributed by atoms with E-state index in [0.29, 0.717) is 0 Å². The molecule has 0 aliphatic heterocycles. The van der Waals surface area contributed by atoms with E-state index in [9.17, 15) is 0 Å². The molecule has 68 valence electrons. The number of rotatable bonds is 2. The zero-order valence-electron chi connectivity index (χ0n) is 8.12. The summed E-state index contributed by atoms with van der Waals surface area (Å²) in [4.78, 5) is 0. The van der Waals surface area contributed by atoms with E-state index in [2.05, 4.69) is 47.9 Å². The van der Waals surface area contributed by atoms with Crippen LogP contribution in [0.2, 0.25) is 0 Å². The van der Waals surface area contributed by atoms with Gasteiger partial charge in [-0.25, -0.2) is 0 Å². The van der Waals surface area contributed by atoms with Crippen LogP contribution in [-0.4, -0.2) is 9.78 Å². The SMILES string of the molecule is CCCn1nc(C)c2ccccc21. The molecule has 0 radical (unpaired) electrons. The third-order valence-corrected chi connectivity index (χ3v) is 2.28. The second kappa shape index (κ2) is 3.21. The molecule has 2 nitrogen and oxygen atoms in total. The second-order valence-electron chi connectivity index (χ2n) is 3.33. The molecule has 0 N–H and O–H groups in total. The summed E-state index contributed by atoms with van der Waals surface area (Å²) in [6, 6.07) is 8.39. The molecule has 2 aromatic rings. The summed E-state index contributed by atoms with van der Waals surface area (Å²) in [5, 5.41) is 5.77. The summed E-state index contributed by atoms with van der Waals surface area (Å²) in [6.07, 6.45) is 1.13. The number of para-hydroxylation sites is 1. The molecule has 0 saturated heterocycles. The summed E-state index contributed by atoms with van der Waals surface area (Å²) in [6.45, 7) is 5.24. The summed E-state index contributed by atoms with van der Waals surface area (Å²) >= 11 is 0. The van der Waals surface area contributed by atoms with Crippen molar-refractivity contribution in [1.29, 1.82) is 0 Å². The topological polar surface area (TPSA) is 17.8 Å². The van der Waals surface area contributed by atoms with Crippen molar-refractivity contribution in [3.05, 3.63) is 30.0 Å². The van der Waals surface area contributed by atoms with E-state index < -0.39 is 0 Å². The van der Waals surface area contributed by atoms with Gasteiger partial charge in [-0.15, -0.1) is 0 Å². The van der Waals surface area contributed by atoms with Crippen LogP contribution in [0.4, 0.5) is 0 Å². The molecule has 2 rings (SSSR count). The van der Waals surface area contributed by atoms with E-state index in [1.165, 1.54) is 10.9 Å². The van der Waals surface area contributed by atoms with Crippen molar-refractivity contribution >= 4 is 10.9 Å². The van der Waals surface area contributed by atoms with Crippen LogP contribution in [0.15, 0.2) is 24.3 Å². The predicted molar refractivity (Wildman–Crippen MR) is 54.8 cm³/mol. The maximum atomic E-state index is 4.50. The fourth-order valence-electron chi connectivity index (χ4n) is 1.68. The van der Waals surface area contributed by atoms with Crippen LogP contribution in [0, 0.1) is 6.92 Å². The van der Waals surface area contributed by atoms with Gasteiger partial charge in [-0.05, 0) is 19.4 Å². The van der Waals surface area contributed by atoms with Gasteiger partial charge in [0.25, 0.3) is 0 Å². The molecule has 1 aromatic carbocycles. The van der Waals surface area contributed by atoms with Gasteiger partial charge in [0.1, 0.15) is 0 Å². The third kappa shape index (κ3) is 1.32. The molecule has 0 aliphatic rings. The van der Waals surface area contributed by atoms with E-state index in [4.69, 9.17) is 0 Å². The summed E-state index contributed by atoms with van der Waals surface area (Å²) in [7, 11) is 0. The first-order chi connectivity index (χ1) is 6.33. The molecule has 13 heavy (non-hydrogen) atoms. The smallest absolute Gasteiger partial charge is 0.0685 e. The molecular weight excluding hydrogens is 160 g/mol. The highest BCUT2D eigenvalue weighted by Crippen LogP contribution is 2.17. The third-order valence-electron chi connectivity index (χ3n) is 2.28. The molecule has 0 saturated carbocycles. The summed E-state index contributed by atoms with van der Waals surface area (Å²) in [5.41, 5.74) is 2.38. The van der Waals surface area contributed by atoms with Crippen LogP contribution in [0.1, 0.15) is 19.0 Å². The number of hydrogen-bond acceptors (Lipinski definition) is 1. The molecule has 2 heteroatoms. The first kappa shape index (κ1) is 8.30. The Bertz CT molecular complexity index is 415. The molecule has 0 amide bonds. The fourth-order valence-corrected chi connectivity index (χ4v) is 1.68. The van der Waals surface area contributed by atoms with Crippen molar-refractivity contribution < 1.29 is 0 Å². The Kier molecular flexibility index (Phi) is 2.05. The van der Waals surface area contributed by atoms with Gasteiger partial charge in [-0.3, -0.25) is 4.68 Å². The normalized spacial score (nSPS) is 10.9. The highest BCUT2D eigenvalue weighted by Gasteiger charge is 2.04. The Labute approximate surface area is 78.2 Å². The molecule has 0 aliphatic carbocycles. The molecule has 1 aromatic heterocycles. The lowest BCUT2D eigenvalue weighted by molar-refractivity contribution is 0.617. The molecule has 1 heterocycles. The first-order valence-corrected chi connectivity index (χ1v) is 4.75. The Morgan fingerprint density at radius 3 is 2.85 bits per heavy atom. The highest BCUT2D eigenvalue weighted by atomic mass is 15.3. The minimum absolute atomic E-state index is 1.01. The number of fused-ring (bicyclic) bond motifs is 1. The van der Waals surface area contributed by atoms with E-state index in [1.54, 1.807) is 0 Å². The number of aryl methyl sites for hydroxylation is 2. The molecule has 0 atom stereocenters. The van der Waals surface area contributed by atoms with E-state index in [0.717, 1.165) is 18.7 Å². The average Bonchev–Trinajstić information content (AvgIpc) is 2.46. The molecule has 0 fully saturated rings. The van der Waals surface area contributed by atoms with Crippen LogP contribution >= 0.6 is 0 Å². The van der Waals surface area contributed by atoms with Crippen molar-refractivity contribution in [2.75, 3.05) is 0 Å². The monoisotopic (exact) mass is 174 g/mol. The number of nitrogens with zero attached hydrogens (tertiary/aromatic N) is 2. The van der Waals surface area contributed by atoms with Crippen LogP contribution in [-0.2, 0) is 6.54 Å². The van der Waals surface area contributed by atoms with Gasteiger partial charge in [0.15, 0.2) is 0 Å². The van der Waals surface area contributed by atoms with Crippen molar-refractivity contribution in [2.45, 2.75) is 26.8 Å². The molecule has 0 unspecified atom stereocenters. The van der Waals surface area contributed by atoms with Crippen molar-refractivity contribution in [1.82, 2.24) is 9.78 Å². The van der Waals surface area contributed by atoms with Gasteiger partial charge in [-0.2, -0.15) is 5.10 Å². The van der Waals surface area contributed by atoms with Crippen LogP contribution in [0.3, 0.4) is 0 Å². The van der Waals surface area contributed by atoms with Gasteiger partial charge in [-0.1, -0.05) is 25.1 Å². The van der Waals surface area contributed by atoms with Gasteiger partial charge in [0.05, 0.1) is 11.2 Å². The average molecular weight is 174 g/mol. The van der Waals surface area contributed by atoms with Gasteiger partial charge >= 0.3 is 0 Å². The van der Waals surface area contributed by atoms with Crippen molar-refractivity contribution in [3.63, 3.8) is 0 Å². The zero-order chi connectivity index (χ0) is 9.26. The minimum Gasteiger partial charge on any atom is -0.265 e. The Balaban J connectivity index is 2.63. The Hall–Kier alpha value is -1.31. The van der Waals surface area contributed by atoms with E-state index >= 15 is 0 Å². The zero-order valence-corrected chi connectivity index (χ0v) is 8.12. The fraction of sp³-hybridized carbons (Fsp3) is 0.364. The number of hydrogen-bond donors (Lipinski definition) is 0. The highest BCUT2D eigenvalue weighted by molar-refractivity contribution is 5.81. The number of aromatic nitrogens is 2. The van der Waals surface area contributed by atoms with Crippen LogP contribution < -0.4 is 0 Å². The van der Waals surface area contributed by atoms with Crippen LogP contribution in [0.25, 0.3) is 10.9 Å². The molecular formula is C11H14N2. The van der Waals surface area contributed by atoms with Crippen molar-refractivity contribution in [2.24, 2.45) is 0 Å². The molecule has 0 spiro atoms. The quantitative estimate of drug-likeness (QED) is 0.684. The van der Waals surface area contributed by atoms with E-state index in [1.807, 2.05) is 0 Å². The maximum absolute atomic E-state index is 4.50. The van der Waals surface area contributed by atoms with Gasteiger partial charge in [0, 0.05) is 11.9 Å². The second-order valence-corrected chi connectivity index (χ2v) is 3.33. The summed E-state index contributed by atoms with van der Waals surface area (Å²) in [5.74, 6) is 0. The lowest BCUT2D eigenvalue weighted by atomic mass is 10.2. The van der Waals surface area contributed by atoms with Crippen LogP contribution in [0.5, 0.6) is 0 Å². The van der Waals surface area contributed by atoms with Gasteiger partial charge < -0.3 is 0 Å². The Morgan fingerprint density at radius 2 is 2.08 bits per heavy atom. The summed E-state index contributed by atoms with van der Waals surface area (Å²) < 4.78 is 2.09. The van der Waals surface area contributed by atoms with Crippen molar-refractivity contribution in [3.8, 4) is 0 Å². The predicted octanol–water partition coefficient (Wildman–Crippen LogP) is 2.75. The first-order valence-electron chi connectivity index (χ1n) is 4.75. The standard InChI is InChI=1S/C11H14N2/c1-3-8-13-11-7-5-4-6-10(11)9(2)12-13/h4-7H,3,8H2,1-2H3. The minimum atomic E-state index is 1.01. The Morgan fingerprint density at radius 1 is 1.31 bits per heavy atom. The lowest BCUT2D eigenvalue weighted by Gasteiger charge is -1.98. The largest absolute Gasteiger partial charge is 0.265 e. The molecule has 0 bridgehead atoms. The number of benzene rings is 1.